The van der Waals surface area contributed by atoms with E-state index in [9.17, 15) is 4.79 Å². The zero-order valence-corrected chi connectivity index (χ0v) is 14.6. The van der Waals surface area contributed by atoms with E-state index in [1.807, 2.05) is 65.5 Å². The van der Waals surface area contributed by atoms with Crippen LogP contribution in [0.3, 0.4) is 0 Å². The molecule has 1 N–H and O–H groups in total. The van der Waals surface area contributed by atoms with Gasteiger partial charge in [-0.1, -0.05) is 41.9 Å². The molecule has 0 aliphatic carbocycles. The van der Waals surface area contributed by atoms with Crippen molar-refractivity contribution in [2.75, 3.05) is 12.4 Å². The summed E-state index contributed by atoms with van der Waals surface area (Å²) in [6, 6.07) is 17.0. The van der Waals surface area contributed by atoms with E-state index in [-0.39, 0.29) is 6.03 Å². The van der Waals surface area contributed by atoms with Gasteiger partial charge in [-0.3, -0.25) is 4.68 Å². The second-order valence-corrected chi connectivity index (χ2v) is 6.19. The molecule has 6 heteroatoms. The quantitative estimate of drug-likeness (QED) is 0.744. The lowest BCUT2D eigenvalue weighted by Crippen LogP contribution is -2.30. The van der Waals surface area contributed by atoms with Crippen LogP contribution in [-0.2, 0) is 13.1 Å². The molecule has 0 spiro atoms. The highest BCUT2D eigenvalue weighted by molar-refractivity contribution is 6.31. The lowest BCUT2D eigenvalue weighted by Gasteiger charge is -2.19. The van der Waals surface area contributed by atoms with Crippen LogP contribution in [0.5, 0.6) is 0 Å². The third-order valence-corrected chi connectivity index (χ3v) is 4.16. The van der Waals surface area contributed by atoms with Crippen molar-refractivity contribution in [3.63, 3.8) is 0 Å². The maximum atomic E-state index is 12.4. The van der Waals surface area contributed by atoms with Crippen molar-refractivity contribution in [1.82, 2.24) is 14.7 Å². The van der Waals surface area contributed by atoms with Gasteiger partial charge in [0.15, 0.2) is 0 Å². The Labute approximate surface area is 151 Å². The van der Waals surface area contributed by atoms with Crippen LogP contribution in [0.1, 0.15) is 11.1 Å². The van der Waals surface area contributed by atoms with Crippen molar-refractivity contribution < 1.29 is 4.79 Å². The van der Waals surface area contributed by atoms with Gasteiger partial charge in [-0.2, -0.15) is 5.10 Å². The highest BCUT2D eigenvalue weighted by atomic mass is 35.5. The molecular formula is C19H19ClN4O. The number of anilines is 1. The van der Waals surface area contributed by atoms with Crippen LogP contribution in [0.15, 0.2) is 67.0 Å². The molecule has 0 saturated carbocycles. The third-order valence-electron chi connectivity index (χ3n) is 3.79. The fraction of sp³-hybridized carbons (Fsp3) is 0.158. The zero-order chi connectivity index (χ0) is 17.6. The second-order valence-electron chi connectivity index (χ2n) is 5.78. The van der Waals surface area contributed by atoms with E-state index in [1.165, 1.54) is 0 Å². The molecule has 2 aromatic carbocycles. The summed E-state index contributed by atoms with van der Waals surface area (Å²) < 4.78 is 1.84. The number of nitrogens with one attached hydrogen (secondary N) is 1. The lowest BCUT2D eigenvalue weighted by molar-refractivity contribution is 0.220. The molecule has 2 amide bonds. The first-order chi connectivity index (χ1) is 12.1. The largest absolute Gasteiger partial charge is 0.323 e. The van der Waals surface area contributed by atoms with E-state index >= 15 is 0 Å². The van der Waals surface area contributed by atoms with E-state index < -0.39 is 0 Å². The van der Waals surface area contributed by atoms with Crippen LogP contribution < -0.4 is 5.32 Å². The Kier molecular flexibility index (Phi) is 5.36. The standard InChI is InChI=1S/C19H19ClN4O/c1-23(14-16-7-2-3-9-18(16)20)19(25)22-17-8-4-6-15(12-17)13-24-11-5-10-21-24/h2-12H,13-14H2,1H3,(H,22,25). The Hall–Kier alpha value is -2.79. The molecule has 0 saturated heterocycles. The molecule has 3 rings (SSSR count). The van der Waals surface area contributed by atoms with Crippen molar-refractivity contribution in [3.8, 4) is 0 Å². The number of nitrogens with zero attached hydrogens (tertiary/aromatic N) is 3. The summed E-state index contributed by atoms with van der Waals surface area (Å²) in [5, 5.41) is 7.77. The van der Waals surface area contributed by atoms with Crippen LogP contribution in [0, 0.1) is 0 Å². The van der Waals surface area contributed by atoms with Crippen LogP contribution in [0.4, 0.5) is 10.5 Å². The van der Waals surface area contributed by atoms with Crippen molar-refractivity contribution >= 4 is 23.3 Å². The van der Waals surface area contributed by atoms with E-state index in [2.05, 4.69) is 10.4 Å². The van der Waals surface area contributed by atoms with Gasteiger partial charge in [0.05, 0.1) is 6.54 Å². The highest BCUT2D eigenvalue weighted by Gasteiger charge is 2.11. The van der Waals surface area contributed by atoms with Gasteiger partial charge >= 0.3 is 6.03 Å². The number of carbonyl (C=O) groups excluding carboxylic acids is 1. The number of aromatic nitrogens is 2. The van der Waals surface area contributed by atoms with Crippen molar-refractivity contribution in [1.29, 1.82) is 0 Å². The molecule has 0 aliphatic heterocycles. The Morgan fingerprint density at radius 2 is 2.04 bits per heavy atom. The first-order valence-corrected chi connectivity index (χ1v) is 8.31. The van der Waals surface area contributed by atoms with E-state index in [1.54, 1.807) is 18.1 Å². The number of halogens is 1. The number of hydrogen-bond donors (Lipinski definition) is 1. The number of urea groups is 1. The predicted molar refractivity (Wildman–Crippen MR) is 99.7 cm³/mol. The van der Waals surface area contributed by atoms with Crippen LogP contribution in [0.2, 0.25) is 5.02 Å². The maximum Gasteiger partial charge on any atom is 0.321 e. The number of carbonyl (C=O) groups is 1. The number of hydrogen-bond acceptors (Lipinski definition) is 2. The molecule has 1 aromatic heterocycles. The molecule has 0 unspecified atom stereocenters. The number of benzene rings is 2. The van der Waals surface area contributed by atoms with Gasteiger partial charge in [-0.05, 0) is 35.4 Å². The second kappa shape index (κ2) is 7.85. The molecule has 0 fully saturated rings. The molecule has 0 radical (unpaired) electrons. The fourth-order valence-corrected chi connectivity index (χ4v) is 2.70. The molecule has 0 bridgehead atoms. The SMILES string of the molecule is CN(Cc1ccccc1Cl)C(=O)Nc1cccc(Cn2cccn2)c1. The minimum absolute atomic E-state index is 0.184. The predicted octanol–water partition coefficient (Wildman–Crippen LogP) is 4.25. The highest BCUT2D eigenvalue weighted by Crippen LogP contribution is 2.17. The van der Waals surface area contributed by atoms with Crippen LogP contribution >= 0.6 is 11.6 Å². The van der Waals surface area contributed by atoms with Gasteiger partial charge in [-0.25, -0.2) is 4.79 Å². The molecule has 25 heavy (non-hydrogen) atoms. The monoisotopic (exact) mass is 354 g/mol. The third kappa shape index (κ3) is 4.61. The average Bonchev–Trinajstić information content (AvgIpc) is 3.10. The Morgan fingerprint density at radius 1 is 1.20 bits per heavy atom. The molecule has 3 aromatic rings. The normalized spacial score (nSPS) is 10.5. The molecule has 1 heterocycles. The minimum atomic E-state index is -0.184. The zero-order valence-electron chi connectivity index (χ0n) is 13.9. The summed E-state index contributed by atoms with van der Waals surface area (Å²) in [5.74, 6) is 0. The average molecular weight is 355 g/mol. The van der Waals surface area contributed by atoms with Gasteiger partial charge in [0.25, 0.3) is 0 Å². The molecule has 0 aliphatic rings. The van der Waals surface area contributed by atoms with Gasteiger partial charge in [0.1, 0.15) is 0 Å². The van der Waals surface area contributed by atoms with Gasteiger partial charge in [0, 0.05) is 36.7 Å². The van der Waals surface area contributed by atoms with Crippen molar-refractivity contribution in [3.05, 3.63) is 83.1 Å². The number of amides is 2. The van der Waals surface area contributed by atoms with Crippen LogP contribution in [-0.4, -0.2) is 27.8 Å². The summed E-state index contributed by atoms with van der Waals surface area (Å²) in [6.07, 6.45) is 3.65. The summed E-state index contributed by atoms with van der Waals surface area (Å²) in [4.78, 5) is 14.0. The first kappa shape index (κ1) is 17.0. The summed E-state index contributed by atoms with van der Waals surface area (Å²) in [5.41, 5.74) is 2.73. The maximum absolute atomic E-state index is 12.4. The Balaban J connectivity index is 1.63. The van der Waals surface area contributed by atoms with Crippen molar-refractivity contribution in [2.45, 2.75) is 13.1 Å². The Morgan fingerprint density at radius 3 is 2.80 bits per heavy atom. The minimum Gasteiger partial charge on any atom is -0.323 e. The number of rotatable bonds is 5. The summed E-state index contributed by atoms with van der Waals surface area (Å²) in [6.45, 7) is 1.10. The van der Waals surface area contributed by atoms with Gasteiger partial charge in [-0.15, -0.1) is 0 Å². The molecule has 128 valence electrons. The summed E-state index contributed by atoms with van der Waals surface area (Å²) in [7, 11) is 1.74. The molecular weight excluding hydrogens is 336 g/mol. The molecule has 0 atom stereocenters. The first-order valence-electron chi connectivity index (χ1n) is 7.94. The van der Waals surface area contributed by atoms with E-state index in [0.29, 0.717) is 18.1 Å². The fourth-order valence-electron chi connectivity index (χ4n) is 2.50. The van der Waals surface area contributed by atoms with Gasteiger partial charge in [0.2, 0.25) is 0 Å². The van der Waals surface area contributed by atoms with E-state index in [4.69, 9.17) is 11.6 Å². The van der Waals surface area contributed by atoms with E-state index in [0.717, 1.165) is 16.8 Å². The topological polar surface area (TPSA) is 50.2 Å². The van der Waals surface area contributed by atoms with Gasteiger partial charge < -0.3 is 10.2 Å². The lowest BCUT2D eigenvalue weighted by atomic mass is 10.2. The smallest absolute Gasteiger partial charge is 0.321 e. The van der Waals surface area contributed by atoms with Crippen molar-refractivity contribution in [2.24, 2.45) is 0 Å². The molecule has 5 nitrogen and oxygen atoms in total. The van der Waals surface area contributed by atoms with Crippen LogP contribution in [0.25, 0.3) is 0 Å². The summed E-state index contributed by atoms with van der Waals surface area (Å²) >= 11 is 6.16. The Bertz CT molecular complexity index is 848.